The molecule has 0 aliphatic carbocycles. The van der Waals surface area contributed by atoms with Crippen molar-refractivity contribution in [2.75, 3.05) is 13.2 Å². The van der Waals surface area contributed by atoms with Crippen LogP contribution < -0.4 is 4.74 Å². The Kier molecular flexibility index (Phi) is 15.7. The third-order valence-corrected chi connectivity index (χ3v) is 7.74. The van der Waals surface area contributed by atoms with Crippen molar-refractivity contribution in [3.8, 4) is 5.75 Å². The average Bonchev–Trinajstić information content (AvgIpc) is 3.01. The lowest BCUT2D eigenvalue weighted by Gasteiger charge is -2.41. The highest BCUT2D eigenvalue weighted by atomic mass is 19.4. The fraction of sp³-hybridized carbons (Fsp3) is 0.688. The number of halogens is 15. The van der Waals surface area contributed by atoms with Gasteiger partial charge >= 0.3 is 41.7 Å². The van der Waals surface area contributed by atoms with Crippen LogP contribution in [-0.2, 0) is 11.3 Å². The largest absolute Gasteiger partial charge is 0.494 e. The first-order valence-electron chi connectivity index (χ1n) is 15.2. The highest BCUT2D eigenvalue weighted by Gasteiger charge is 2.93. The molecule has 0 aliphatic rings. The van der Waals surface area contributed by atoms with Crippen LogP contribution >= 0.6 is 0 Å². The van der Waals surface area contributed by atoms with Gasteiger partial charge in [0, 0.05) is 13.0 Å². The lowest BCUT2D eigenvalue weighted by Crippen LogP contribution is -2.72. The second-order valence-corrected chi connectivity index (χ2v) is 12.1. The molecule has 18 heteroatoms. The molecule has 0 aromatic heterocycles. The zero-order chi connectivity index (χ0) is 39.0. The molecule has 1 aromatic rings. The van der Waals surface area contributed by atoms with Crippen LogP contribution in [0.25, 0.3) is 0 Å². The maximum atomic E-state index is 14.0. The van der Waals surface area contributed by atoms with Crippen LogP contribution in [0.3, 0.4) is 0 Å². The molecule has 0 saturated carbocycles. The highest BCUT2D eigenvalue weighted by molar-refractivity contribution is 5.27. The minimum Gasteiger partial charge on any atom is -0.494 e. The summed E-state index contributed by atoms with van der Waals surface area (Å²) in [4.78, 5) is 0. The number of allylic oxidation sites excluding steroid dienone is 3. The molecule has 0 radical (unpaired) electrons. The molecule has 290 valence electrons. The van der Waals surface area contributed by atoms with Crippen molar-refractivity contribution in [3.05, 3.63) is 54.1 Å². The Labute approximate surface area is 279 Å². The Morgan fingerprint density at radius 2 is 1.16 bits per heavy atom. The number of aliphatic hydroxyl groups is 1. The molecule has 0 bridgehead atoms. The van der Waals surface area contributed by atoms with Gasteiger partial charge in [0.2, 0.25) is 0 Å². The second-order valence-electron chi connectivity index (χ2n) is 12.1. The van der Waals surface area contributed by atoms with Gasteiger partial charge in [-0.25, -0.2) is 0 Å². The molecule has 4 atom stereocenters. The molecule has 0 saturated heterocycles. The minimum absolute atomic E-state index is 0.0252. The molecule has 1 N–H and O–H groups in total. The van der Waals surface area contributed by atoms with Gasteiger partial charge in [-0.2, -0.15) is 65.9 Å². The molecule has 3 nitrogen and oxygen atoms in total. The van der Waals surface area contributed by atoms with Gasteiger partial charge in [0.05, 0.1) is 19.3 Å². The van der Waals surface area contributed by atoms with Gasteiger partial charge in [-0.15, -0.1) is 0 Å². The molecule has 0 heterocycles. The highest BCUT2D eigenvalue weighted by Crippen LogP contribution is 2.62. The molecule has 0 spiro atoms. The molecule has 1 aromatic carbocycles. The molecule has 0 aliphatic heterocycles. The Morgan fingerprint density at radius 1 is 0.660 bits per heavy atom. The summed E-state index contributed by atoms with van der Waals surface area (Å²) in [7, 11) is 0. The van der Waals surface area contributed by atoms with Crippen LogP contribution in [0.1, 0.15) is 58.9 Å². The maximum Gasteiger partial charge on any atom is 0.460 e. The first kappa shape index (κ1) is 45.4. The third kappa shape index (κ3) is 10.5. The zero-order valence-electron chi connectivity index (χ0n) is 27.3. The number of aliphatic hydroxyl groups excluding tert-OH is 1. The van der Waals surface area contributed by atoms with Gasteiger partial charge in [-0.05, 0) is 61.6 Å². The maximum absolute atomic E-state index is 14.0. The quantitative estimate of drug-likeness (QED) is 0.0771. The summed E-state index contributed by atoms with van der Waals surface area (Å²) < 4.78 is 211. The normalized spacial score (nSPS) is 17.0. The number of hydrogen-bond acceptors (Lipinski definition) is 3. The SMILES string of the molecule is C[C@@H](CO)C/C=C/[C@H](C)C/C=C/[C@@H](C)[C@H](C)OCc1ccc(OCCCC(F)(F)C(F)(F)C(F)(F)C(F)(F)C(F)(F)C(F)(F)C(F)(F)F)cc1. The van der Waals surface area contributed by atoms with Gasteiger partial charge in [0.1, 0.15) is 5.75 Å². The smallest absolute Gasteiger partial charge is 0.460 e. The molecule has 0 amide bonds. The summed E-state index contributed by atoms with van der Waals surface area (Å²) >= 11 is 0. The van der Waals surface area contributed by atoms with E-state index >= 15 is 0 Å². The van der Waals surface area contributed by atoms with Gasteiger partial charge in [0.15, 0.2) is 0 Å². The number of hydrogen-bond donors (Lipinski definition) is 1. The standard InChI is InChI=1S/C32H39F15O3/c1-20(8-5-10-21(2)18-48)9-6-11-22(3)23(4)50-19-24-12-14-25(15-13-24)49-17-7-16-26(33,34)27(35,36)28(37,38)29(39,40)30(41,42)31(43,44)32(45,46)47/h5-6,8,11-15,20-23,48H,7,9-10,16-19H2,1-4H3/b8-5+,11-6+/t20-,21+,22+,23-/m0/s1. The van der Waals surface area contributed by atoms with E-state index in [-0.39, 0.29) is 42.8 Å². The molecule has 0 unspecified atom stereocenters. The summed E-state index contributed by atoms with van der Waals surface area (Å²) in [5, 5.41) is 9.06. The summed E-state index contributed by atoms with van der Waals surface area (Å²) in [5.41, 5.74) is 0.610. The van der Waals surface area contributed by atoms with E-state index in [1.54, 1.807) is 0 Å². The van der Waals surface area contributed by atoms with Crippen LogP contribution in [0, 0.1) is 17.8 Å². The van der Waals surface area contributed by atoms with Crippen molar-refractivity contribution in [3.63, 3.8) is 0 Å². The van der Waals surface area contributed by atoms with E-state index in [9.17, 15) is 65.9 Å². The minimum atomic E-state index is -8.29. The lowest BCUT2D eigenvalue weighted by atomic mass is 9.90. The average molecular weight is 757 g/mol. The van der Waals surface area contributed by atoms with E-state index in [0.717, 1.165) is 12.8 Å². The number of rotatable bonds is 21. The van der Waals surface area contributed by atoms with E-state index in [1.807, 2.05) is 39.0 Å². The summed E-state index contributed by atoms with van der Waals surface area (Å²) in [5.74, 6) is -46.0. The molecular weight excluding hydrogens is 717 g/mol. The third-order valence-electron chi connectivity index (χ3n) is 7.74. The number of alkyl halides is 15. The monoisotopic (exact) mass is 756 g/mol. The van der Waals surface area contributed by atoms with Crippen molar-refractivity contribution >= 4 is 0 Å². The molecule has 0 fully saturated rings. The van der Waals surface area contributed by atoms with Crippen LogP contribution in [0.15, 0.2) is 48.6 Å². The van der Waals surface area contributed by atoms with Crippen LogP contribution in [0.2, 0.25) is 0 Å². The Hall–Kier alpha value is -2.63. The van der Waals surface area contributed by atoms with Gasteiger partial charge in [-0.1, -0.05) is 57.2 Å². The van der Waals surface area contributed by atoms with Crippen LogP contribution in [0.5, 0.6) is 5.75 Å². The van der Waals surface area contributed by atoms with E-state index in [0.29, 0.717) is 5.56 Å². The van der Waals surface area contributed by atoms with Crippen LogP contribution in [0.4, 0.5) is 65.9 Å². The van der Waals surface area contributed by atoms with E-state index in [1.165, 1.54) is 24.3 Å². The first-order valence-corrected chi connectivity index (χ1v) is 15.2. The van der Waals surface area contributed by atoms with Crippen molar-refractivity contribution < 1.29 is 80.4 Å². The van der Waals surface area contributed by atoms with Crippen molar-refractivity contribution in [1.82, 2.24) is 0 Å². The number of ether oxygens (including phenoxy) is 2. The molecule has 1 rings (SSSR count). The molecular formula is C32H39F15O3. The van der Waals surface area contributed by atoms with E-state index in [4.69, 9.17) is 14.6 Å². The van der Waals surface area contributed by atoms with Crippen molar-refractivity contribution in [1.29, 1.82) is 0 Å². The van der Waals surface area contributed by atoms with Gasteiger partial charge in [0.25, 0.3) is 0 Å². The Bertz CT molecular complexity index is 1230. The van der Waals surface area contributed by atoms with Gasteiger partial charge < -0.3 is 14.6 Å². The van der Waals surface area contributed by atoms with E-state index in [2.05, 4.69) is 13.0 Å². The van der Waals surface area contributed by atoms with Crippen LogP contribution in [-0.4, -0.2) is 66.1 Å². The Morgan fingerprint density at radius 3 is 1.68 bits per heavy atom. The summed E-state index contributed by atoms with van der Waals surface area (Å²) in [6.07, 6.45) is -1.92. The fourth-order valence-corrected chi connectivity index (χ4v) is 4.06. The second kappa shape index (κ2) is 17.3. The fourth-order valence-electron chi connectivity index (χ4n) is 4.06. The Balaban J connectivity index is 2.71. The zero-order valence-corrected chi connectivity index (χ0v) is 27.3. The first-order chi connectivity index (χ1) is 22.6. The predicted octanol–water partition coefficient (Wildman–Crippen LogP) is 10.9. The summed E-state index contributed by atoms with van der Waals surface area (Å²) in [6.45, 7) is 7.06. The van der Waals surface area contributed by atoms with E-state index < -0.39 is 61.2 Å². The lowest BCUT2D eigenvalue weighted by molar-refractivity contribution is -0.452. The summed E-state index contributed by atoms with van der Waals surface area (Å²) in [6, 6.07) is 5.51. The van der Waals surface area contributed by atoms with Crippen molar-refractivity contribution in [2.24, 2.45) is 17.8 Å². The topological polar surface area (TPSA) is 38.7 Å². The van der Waals surface area contributed by atoms with Gasteiger partial charge in [-0.3, -0.25) is 0 Å². The van der Waals surface area contributed by atoms with Crippen molar-refractivity contribution in [2.45, 2.75) is 108 Å². The number of benzene rings is 1. The predicted molar refractivity (Wildman–Crippen MR) is 153 cm³/mol. The molecule has 50 heavy (non-hydrogen) atoms.